The predicted octanol–water partition coefficient (Wildman–Crippen LogP) is 3.01. The number of rotatable bonds is 5. The fourth-order valence-electron chi connectivity index (χ4n) is 1.29. The summed E-state index contributed by atoms with van der Waals surface area (Å²) >= 11 is 5.94. The molecule has 0 atom stereocenters. The van der Waals surface area contributed by atoms with Crippen molar-refractivity contribution in [2.24, 2.45) is 0 Å². The van der Waals surface area contributed by atoms with Crippen LogP contribution in [-0.2, 0) is 23.0 Å². The maximum atomic E-state index is 12.0. The average Bonchev–Trinajstić information content (AvgIpc) is 2.95. The van der Waals surface area contributed by atoms with Gasteiger partial charge in [-0.05, 0) is 33.8 Å². The Morgan fingerprint density at radius 1 is 1.50 bits per heavy atom. The minimum absolute atomic E-state index is 0.233. The largest absolute Gasteiger partial charge is 0.251 e. The van der Waals surface area contributed by atoms with Gasteiger partial charge in [-0.15, -0.1) is 22.7 Å². The molecular formula is C10H11BrN2O2S3. The summed E-state index contributed by atoms with van der Waals surface area (Å²) in [6, 6.07) is 1.72. The Labute approximate surface area is 122 Å². The van der Waals surface area contributed by atoms with Gasteiger partial charge in [0.1, 0.15) is 9.22 Å². The molecule has 0 unspecified atom stereocenters. The molecule has 2 aromatic rings. The van der Waals surface area contributed by atoms with Gasteiger partial charge >= 0.3 is 0 Å². The van der Waals surface area contributed by atoms with Gasteiger partial charge in [0, 0.05) is 15.5 Å². The number of halogens is 1. The molecule has 0 aliphatic heterocycles. The standard InChI is InChI=1S/C10H11BrN2O2S3/c1-2-7-5-12-9(17-7)6-13-18(14,15)10-8(11)3-4-16-10/h3-5,13H,2,6H2,1H3. The molecule has 0 aliphatic rings. The van der Waals surface area contributed by atoms with Crippen LogP contribution in [-0.4, -0.2) is 13.4 Å². The summed E-state index contributed by atoms with van der Waals surface area (Å²) in [5, 5.41) is 2.51. The maximum Gasteiger partial charge on any atom is 0.251 e. The summed E-state index contributed by atoms with van der Waals surface area (Å²) in [5.41, 5.74) is 0. The summed E-state index contributed by atoms with van der Waals surface area (Å²) in [7, 11) is -3.45. The number of hydrogen-bond donors (Lipinski definition) is 1. The Morgan fingerprint density at radius 3 is 2.83 bits per heavy atom. The normalized spacial score (nSPS) is 11.9. The molecular weight excluding hydrogens is 356 g/mol. The molecule has 0 fully saturated rings. The molecule has 0 saturated carbocycles. The summed E-state index contributed by atoms with van der Waals surface area (Å²) in [4.78, 5) is 5.33. The number of thiophene rings is 1. The Kier molecular flexibility index (Phi) is 4.54. The van der Waals surface area contributed by atoms with Crippen molar-refractivity contribution < 1.29 is 8.42 Å². The molecule has 18 heavy (non-hydrogen) atoms. The lowest BCUT2D eigenvalue weighted by Gasteiger charge is -2.03. The van der Waals surface area contributed by atoms with E-state index in [4.69, 9.17) is 0 Å². The van der Waals surface area contributed by atoms with E-state index >= 15 is 0 Å². The van der Waals surface area contributed by atoms with E-state index in [2.05, 4.69) is 25.6 Å². The summed E-state index contributed by atoms with van der Waals surface area (Å²) in [6.07, 6.45) is 2.70. The van der Waals surface area contributed by atoms with Gasteiger partial charge in [-0.3, -0.25) is 0 Å². The lowest BCUT2D eigenvalue weighted by molar-refractivity contribution is 0.583. The minimum Gasteiger partial charge on any atom is -0.248 e. The third kappa shape index (κ3) is 3.18. The van der Waals surface area contributed by atoms with E-state index in [-0.39, 0.29) is 6.54 Å². The molecule has 0 radical (unpaired) electrons. The fourth-order valence-corrected chi connectivity index (χ4v) is 5.55. The smallest absolute Gasteiger partial charge is 0.248 e. The zero-order chi connectivity index (χ0) is 13.2. The molecule has 0 bridgehead atoms. The van der Waals surface area contributed by atoms with Crippen LogP contribution in [0.25, 0.3) is 0 Å². The monoisotopic (exact) mass is 366 g/mol. The van der Waals surface area contributed by atoms with Crippen LogP contribution in [0.5, 0.6) is 0 Å². The fraction of sp³-hybridized carbons (Fsp3) is 0.300. The summed E-state index contributed by atoms with van der Waals surface area (Å²) in [5.74, 6) is 0. The maximum absolute atomic E-state index is 12.0. The molecule has 1 N–H and O–H groups in total. The van der Waals surface area contributed by atoms with E-state index in [9.17, 15) is 8.42 Å². The molecule has 0 aromatic carbocycles. The Morgan fingerprint density at radius 2 is 2.28 bits per heavy atom. The minimum atomic E-state index is -3.45. The average molecular weight is 367 g/mol. The molecule has 4 nitrogen and oxygen atoms in total. The second-order valence-corrected chi connectivity index (χ2v) is 8.39. The van der Waals surface area contributed by atoms with Crippen LogP contribution in [0, 0.1) is 0 Å². The van der Waals surface area contributed by atoms with Gasteiger partial charge in [0.05, 0.1) is 6.54 Å². The second kappa shape index (κ2) is 5.79. The highest BCUT2D eigenvalue weighted by Gasteiger charge is 2.19. The van der Waals surface area contributed by atoms with Crippen LogP contribution in [0.1, 0.15) is 16.8 Å². The van der Waals surface area contributed by atoms with E-state index in [1.54, 1.807) is 17.6 Å². The molecule has 2 aromatic heterocycles. The van der Waals surface area contributed by atoms with Gasteiger partial charge in [0.2, 0.25) is 0 Å². The highest BCUT2D eigenvalue weighted by molar-refractivity contribution is 9.10. The van der Waals surface area contributed by atoms with Crippen LogP contribution >= 0.6 is 38.6 Å². The highest BCUT2D eigenvalue weighted by atomic mass is 79.9. The molecule has 8 heteroatoms. The highest BCUT2D eigenvalue weighted by Crippen LogP contribution is 2.27. The number of thiazole rings is 1. The van der Waals surface area contributed by atoms with Crippen molar-refractivity contribution >= 4 is 48.6 Å². The van der Waals surface area contributed by atoms with Crippen molar-refractivity contribution in [3.05, 3.63) is 32.0 Å². The van der Waals surface area contributed by atoms with Gasteiger partial charge in [-0.2, -0.15) is 0 Å². The number of nitrogens with zero attached hydrogens (tertiary/aromatic N) is 1. The molecule has 2 heterocycles. The van der Waals surface area contributed by atoms with E-state index in [0.717, 1.165) is 16.3 Å². The van der Waals surface area contributed by atoms with Gasteiger partial charge < -0.3 is 0 Å². The van der Waals surface area contributed by atoms with Crippen molar-refractivity contribution in [2.75, 3.05) is 0 Å². The predicted molar refractivity (Wildman–Crippen MR) is 77.5 cm³/mol. The van der Waals surface area contributed by atoms with Crippen molar-refractivity contribution in [1.29, 1.82) is 0 Å². The van der Waals surface area contributed by atoms with Crippen molar-refractivity contribution in [1.82, 2.24) is 9.71 Å². The van der Waals surface area contributed by atoms with Crippen LogP contribution in [0.15, 0.2) is 26.3 Å². The molecule has 0 aliphatic carbocycles. The Bertz CT molecular complexity index is 633. The molecule has 98 valence electrons. The zero-order valence-corrected chi connectivity index (χ0v) is 13.5. The molecule has 0 saturated heterocycles. The lowest BCUT2D eigenvalue weighted by Crippen LogP contribution is -2.22. The van der Waals surface area contributed by atoms with Crippen LogP contribution < -0.4 is 4.72 Å². The van der Waals surface area contributed by atoms with E-state index in [1.165, 1.54) is 22.7 Å². The Balaban J connectivity index is 2.08. The first-order valence-corrected chi connectivity index (χ1v) is 9.16. The molecule has 2 rings (SSSR count). The van der Waals surface area contributed by atoms with Gasteiger partial charge in [0.25, 0.3) is 10.0 Å². The number of hydrogen-bond acceptors (Lipinski definition) is 5. The first-order valence-electron chi connectivity index (χ1n) is 5.19. The summed E-state index contributed by atoms with van der Waals surface area (Å²) in [6.45, 7) is 2.28. The number of aromatic nitrogens is 1. The van der Waals surface area contributed by atoms with Gasteiger partial charge in [-0.25, -0.2) is 18.1 Å². The van der Waals surface area contributed by atoms with Crippen LogP contribution in [0.3, 0.4) is 0 Å². The van der Waals surface area contributed by atoms with Crippen LogP contribution in [0.2, 0.25) is 0 Å². The van der Waals surface area contributed by atoms with Crippen LogP contribution in [0.4, 0.5) is 0 Å². The summed E-state index contributed by atoms with van der Waals surface area (Å²) < 4.78 is 27.5. The number of sulfonamides is 1. The molecule has 0 spiro atoms. The van der Waals surface area contributed by atoms with Crippen molar-refractivity contribution in [3.63, 3.8) is 0 Å². The van der Waals surface area contributed by atoms with E-state index in [1.807, 2.05) is 6.92 Å². The topological polar surface area (TPSA) is 59.1 Å². The first-order chi connectivity index (χ1) is 8.53. The first kappa shape index (κ1) is 14.1. The Hall–Kier alpha value is -0.280. The molecule has 0 amide bonds. The van der Waals surface area contributed by atoms with Gasteiger partial charge in [-0.1, -0.05) is 6.92 Å². The SMILES string of the molecule is CCc1cnc(CNS(=O)(=O)c2sccc2Br)s1. The van der Waals surface area contributed by atoms with E-state index < -0.39 is 10.0 Å². The van der Waals surface area contributed by atoms with E-state index in [0.29, 0.717) is 8.68 Å². The van der Waals surface area contributed by atoms with Crippen molar-refractivity contribution in [2.45, 2.75) is 24.1 Å². The third-order valence-electron chi connectivity index (χ3n) is 2.19. The second-order valence-electron chi connectivity index (χ2n) is 3.45. The number of aryl methyl sites for hydroxylation is 1. The zero-order valence-electron chi connectivity index (χ0n) is 9.51. The lowest BCUT2D eigenvalue weighted by atomic mass is 10.4. The third-order valence-corrected chi connectivity index (χ3v) is 7.40. The van der Waals surface area contributed by atoms with Gasteiger partial charge in [0.15, 0.2) is 0 Å². The quantitative estimate of drug-likeness (QED) is 0.884. The van der Waals surface area contributed by atoms with Crippen molar-refractivity contribution in [3.8, 4) is 0 Å². The number of nitrogens with one attached hydrogen (secondary N) is 1.